The monoisotopic (exact) mass is 295 g/mol. The number of nitrogens with two attached hydrogens (primary N) is 1. The zero-order chi connectivity index (χ0) is 14.0. The molecule has 2 rings (SSSR count). The van der Waals surface area contributed by atoms with E-state index in [4.69, 9.17) is 17.3 Å². The molecule has 0 unspecified atom stereocenters. The van der Waals surface area contributed by atoms with E-state index in [1.54, 1.807) is 6.92 Å². The first-order valence-electron chi connectivity index (χ1n) is 5.76. The van der Waals surface area contributed by atoms with Crippen LogP contribution in [0.5, 0.6) is 0 Å². The predicted octanol–water partition coefficient (Wildman–Crippen LogP) is 3.06. The smallest absolute Gasteiger partial charge is 0.242 e. The fraction of sp³-hybridized carbons (Fsp3) is 0.231. The molecule has 0 aliphatic carbocycles. The van der Waals surface area contributed by atoms with Crippen LogP contribution in [0, 0.1) is 6.92 Å². The summed E-state index contributed by atoms with van der Waals surface area (Å²) in [5, 5.41) is 5.84. The van der Waals surface area contributed by atoms with Crippen LogP contribution in [0.4, 0.5) is 5.13 Å². The van der Waals surface area contributed by atoms with E-state index in [9.17, 15) is 4.79 Å². The minimum atomic E-state index is -0.551. The molecule has 1 aromatic carbocycles. The van der Waals surface area contributed by atoms with E-state index < -0.39 is 6.04 Å². The summed E-state index contributed by atoms with van der Waals surface area (Å²) in [6.45, 7) is 3.57. The van der Waals surface area contributed by atoms with Gasteiger partial charge in [0.15, 0.2) is 5.13 Å². The second kappa shape index (κ2) is 5.69. The van der Waals surface area contributed by atoms with Crippen LogP contribution >= 0.6 is 22.9 Å². The average molecular weight is 296 g/mol. The van der Waals surface area contributed by atoms with E-state index in [0.29, 0.717) is 5.13 Å². The first-order valence-corrected chi connectivity index (χ1v) is 7.01. The van der Waals surface area contributed by atoms with Crippen molar-refractivity contribution in [2.45, 2.75) is 19.9 Å². The van der Waals surface area contributed by atoms with E-state index in [-0.39, 0.29) is 5.91 Å². The van der Waals surface area contributed by atoms with Gasteiger partial charge in [-0.2, -0.15) is 0 Å². The highest BCUT2D eigenvalue weighted by atomic mass is 35.5. The Bertz CT molecular complexity index is 610. The molecule has 1 atom stereocenters. The van der Waals surface area contributed by atoms with Gasteiger partial charge in [0.25, 0.3) is 0 Å². The number of rotatable bonds is 3. The van der Waals surface area contributed by atoms with Gasteiger partial charge < -0.3 is 11.1 Å². The molecule has 3 N–H and O–H groups in total. The minimum Gasteiger partial charge on any atom is -0.320 e. The van der Waals surface area contributed by atoms with Gasteiger partial charge in [0.2, 0.25) is 5.91 Å². The number of benzene rings is 1. The summed E-state index contributed by atoms with van der Waals surface area (Å²) in [6.07, 6.45) is 0. The minimum absolute atomic E-state index is 0.242. The Hall–Kier alpha value is -1.43. The SMILES string of the molecule is Cc1cc(-c2csc(NC(=O)[C@H](C)N)n2)ccc1Cl. The number of hydrogen-bond acceptors (Lipinski definition) is 4. The lowest BCUT2D eigenvalue weighted by Gasteiger charge is -2.04. The molecular weight excluding hydrogens is 282 g/mol. The van der Waals surface area contributed by atoms with Gasteiger partial charge in [0.1, 0.15) is 0 Å². The molecule has 0 radical (unpaired) electrons. The topological polar surface area (TPSA) is 68.0 Å². The molecule has 1 heterocycles. The van der Waals surface area contributed by atoms with E-state index in [0.717, 1.165) is 21.8 Å². The number of amides is 1. The van der Waals surface area contributed by atoms with Crippen LogP contribution in [0.3, 0.4) is 0 Å². The van der Waals surface area contributed by atoms with Crippen molar-refractivity contribution < 1.29 is 4.79 Å². The molecular formula is C13H14ClN3OS. The summed E-state index contributed by atoms with van der Waals surface area (Å²) >= 11 is 7.36. The van der Waals surface area contributed by atoms with Crippen LogP contribution in [-0.4, -0.2) is 16.9 Å². The van der Waals surface area contributed by atoms with Crippen molar-refractivity contribution in [3.05, 3.63) is 34.2 Å². The molecule has 1 amide bonds. The van der Waals surface area contributed by atoms with Crippen molar-refractivity contribution in [2.24, 2.45) is 5.73 Å². The summed E-state index contributed by atoms with van der Waals surface area (Å²) < 4.78 is 0. The number of halogens is 1. The first-order chi connectivity index (χ1) is 8.97. The summed E-state index contributed by atoms with van der Waals surface area (Å²) in [5.41, 5.74) is 8.26. The van der Waals surface area contributed by atoms with Crippen molar-refractivity contribution >= 4 is 34.0 Å². The Balaban J connectivity index is 2.21. The van der Waals surface area contributed by atoms with Crippen molar-refractivity contribution in [3.8, 4) is 11.3 Å². The van der Waals surface area contributed by atoms with E-state index in [1.165, 1.54) is 11.3 Å². The summed E-state index contributed by atoms with van der Waals surface area (Å²) in [5.74, 6) is -0.242. The lowest BCUT2D eigenvalue weighted by Crippen LogP contribution is -2.32. The Morgan fingerprint density at radius 1 is 1.53 bits per heavy atom. The largest absolute Gasteiger partial charge is 0.320 e. The van der Waals surface area contributed by atoms with Gasteiger partial charge in [-0.25, -0.2) is 4.98 Å². The molecule has 1 aromatic heterocycles. The van der Waals surface area contributed by atoms with Crippen LogP contribution < -0.4 is 11.1 Å². The van der Waals surface area contributed by atoms with E-state index in [2.05, 4.69) is 10.3 Å². The van der Waals surface area contributed by atoms with Crippen LogP contribution in [0.25, 0.3) is 11.3 Å². The van der Waals surface area contributed by atoms with Crippen molar-refractivity contribution in [1.29, 1.82) is 0 Å². The highest BCUT2D eigenvalue weighted by molar-refractivity contribution is 7.14. The molecule has 100 valence electrons. The quantitative estimate of drug-likeness (QED) is 0.914. The third kappa shape index (κ3) is 3.32. The molecule has 4 nitrogen and oxygen atoms in total. The number of nitrogens with zero attached hydrogens (tertiary/aromatic N) is 1. The average Bonchev–Trinajstić information content (AvgIpc) is 2.81. The number of carbonyl (C=O) groups is 1. The maximum Gasteiger partial charge on any atom is 0.242 e. The third-order valence-corrected chi connectivity index (χ3v) is 3.78. The van der Waals surface area contributed by atoms with Crippen molar-refractivity contribution in [1.82, 2.24) is 4.98 Å². The summed E-state index contributed by atoms with van der Waals surface area (Å²) in [4.78, 5) is 15.8. The molecule has 0 saturated heterocycles. The van der Waals surface area contributed by atoms with E-state index in [1.807, 2.05) is 30.5 Å². The zero-order valence-corrected chi connectivity index (χ0v) is 12.2. The number of nitrogens with one attached hydrogen (secondary N) is 1. The number of aromatic nitrogens is 1. The van der Waals surface area contributed by atoms with Gasteiger partial charge in [-0.05, 0) is 31.5 Å². The highest BCUT2D eigenvalue weighted by Gasteiger charge is 2.11. The normalized spacial score (nSPS) is 12.2. The number of hydrogen-bond donors (Lipinski definition) is 2. The van der Waals surface area contributed by atoms with Gasteiger partial charge in [-0.1, -0.05) is 17.7 Å². The van der Waals surface area contributed by atoms with Gasteiger partial charge in [0, 0.05) is 16.0 Å². The van der Waals surface area contributed by atoms with Crippen LogP contribution in [0.1, 0.15) is 12.5 Å². The summed E-state index contributed by atoms with van der Waals surface area (Å²) in [7, 11) is 0. The van der Waals surface area contributed by atoms with Crippen LogP contribution in [0.2, 0.25) is 5.02 Å². The fourth-order valence-electron chi connectivity index (χ4n) is 1.49. The third-order valence-electron chi connectivity index (χ3n) is 2.60. The zero-order valence-electron chi connectivity index (χ0n) is 10.6. The van der Waals surface area contributed by atoms with Crippen LogP contribution in [-0.2, 0) is 4.79 Å². The lowest BCUT2D eigenvalue weighted by atomic mass is 10.1. The second-order valence-corrected chi connectivity index (χ2v) is 5.55. The second-order valence-electron chi connectivity index (χ2n) is 4.28. The Labute approximate surface area is 120 Å². The first kappa shape index (κ1) is 14.0. The number of aryl methyl sites for hydroxylation is 1. The van der Waals surface area contributed by atoms with Gasteiger partial charge >= 0.3 is 0 Å². The van der Waals surface area contributed by atoms with Crippen molar-refractivity contribution in [2.75, 3.05) is 5.32 Å². The van der Waals surface area contributed by atoms with E-state index >= 15 is 0 Å². The molecule has 0 aliphatic heterocycles. The predicted molar refractivity (Wildman–Crippen MR) is 79.6 cm³/mol. The Morgan fingerprint density at radius 2 is 2.26 bits per heavy atom. The molecule has 0 spiro atoms. The number of anilines is 1. The highest BCUT2D eigenvalue weighted by Crippen LogP contribution is 2.27. The maximum atomic E-state index is 11.5. The molecule has 0 bridgehead atoms. The molecule has 2 aromatic rings. The lowest BCUT2D eigenvalue weighted by molar-refractivity contribution is -0.117. The Morgan fingerprint density at radius 3 is 2.89 bits per heavy atom. The van der Waals surface area contributed by atoms with Gasteiger partial charge in [-0.15, -0.1) is 11.3 Å². The summed E-state index contributed by atoms with van der Waals surface area (Å²) in [6, 6.07) is 5.16. The molecule has 0 aliphatic rings. The van der Waals surface area contributed by atoms with Crippen molar-refractivity contribution in [3.63, 3.8) is 0 Å². The standard InChI is InChI=1S/C13H14ClN3OS/c1-7-5-9(3-4-10(7)14)11-6-19-13(16-11)17-12(18)8(2)15/h3-6,8H,15H2,1-2H3,(H,16,17,18)/t8-/m0/s1. The number of thiazole rings is 1. The number of carbonyl (C=O) groups excluding carboxylic acids is 1. The maximum absolute atomic E-state index is 11.5. The molecule has 0 saturated carbocycles. The van der Waals surface area contributed by atoms with Crippen LogP contribution in [0.15, 0.2) is 23.6 Å². The molecule has 6 heteroatoms. The Kier molecular flexibility index (Phi) is 4.19. The molecule has 19 heavy (non-hydrogen) atoms. The molecule has 0 fully saturated rings. The van der Waals surface area contributed by atoms with Gasteiger partial charge in [0.05, 0.1) is 11.7 Å². The van der Waals surface area contributed by atoms with Gasteiger partial charge in [-0.3, -0.25) is 4.79 Å². The fourth-order valence-corrected chi connectivity index (χ4v) is 2.33.